The normalized spacial score (nSPS) is 12.2. The van der Waals surface area contributed by atoms with Gasteiger partial charge in [0.15, 0.2) is 0 Å². The molecule has 0 fully saturated rings. The monoisotopic (exact) mass is 308 g/mol. The van der Waals surface area contributed by atoms with Gasteiger partial charge in [0.2, 0.25) is 5.09 Å². The minimum absolute atomic E-state index is 0.0624. The molecule has 0 unspecified atom stereocenters. The summed E-state index contributed by atoms with van der Waals surface area (Å²) in [4.78, 5) is 0. The van der Waals surface area contributed by atoms with Crippen LogP contribution < -0.4 is 5.73 Å². The van der Waals surface area contributed by atoms with Gasteiger partial charge in [0.25, 0.3) is 10.0 Å². The molecule has 114 valence electrons. The Bertz CT molecular complexity index is 678. The summed E-state index contributed by atoms with van der Waals surface area (Å²) in [6.45, 7) is 4.16. The molecule has 2 N–H and O–H groups in total. The number of hydrogen-bond acceptors (Lipinski definition) is 4. The molecule has 0 bridgehead atoms. The first-order valence-corrected chi connectivity index (χ1v) is 8.23. The molecule has 1 aromatic carbocycles. The Labute approximate surface area is 125 Å². The first kappa shape index (κ1) is 15.8. The van der Waals surface area contributed by atoms with Gasteiger partial charge in [0.1, 0.15) is 5.76 Å². The van der Waals surface area contributed by atoms with Crippen molar-refractivity contribution >= 4 is 10.0 Å². The van der Waals surface area contributed by atoms with Gasteiger partial charge in [0.05, 0.1) is 6.54 Å². The zero-order chi connectivity index (χ0) is 15.5. The molecule has 0 atom stereocenters. The van der Waals surface area contributed by atoms with E-state index in [0.717, 1.165) is 5.56 Å². The van der Waals surface area contributed by atoms with Gasteiger partial charge < -0.3 is 10.2 Å². The molecule has 0 saturated carbocycles. The van der Waals surface area contributed by atoms with Crippen LogP contribution in [0, 0.1) is 0 Å². The molecular formula is C15H20N2O3S. The van der Waals surface area contributed by atoms with Crippen molar-refractivity contribution < 1.29 is 12.8 Å². The van der Waals surface area contributed by atoms with Crippen LogP contribution in [0.15, 0.2) is 52.0 Å². The predicted molar refractivity (Wildman–Crippen MR) is 80.9 cm³/mol. The summed E-state index contributed by atoms with van der Waals surface area (Å²) >= 11 is 0. The van der Waals surface area contributed by atoms with Gasteiger partial charge in [0, 0.05) is 12.6 Å². The molecule has 5 nitrogen and oxygen atoms in total. The molecule has 0 aliphatic rings. The second-order valence-corrected chi connectivity index (χ2v) is 6.88. The van der Waals surface area contributed by atoms with Gasteiger partial charge in [-0.15, -0.1) is 0 Å². The van der Waals surface area contributed by atoms with E-state index in [1.165, 1.54) is 10.4 Å². The lowest BCUT2D eigenvalue weighted by Gasteiger charge is -2.24. The average Bonchev–Trinajstić information content (AvgIpc) is 2.95. The second kappa shape index (κ2) is 6.43. The van der Waals surface area contributed by atoms with Crippen LogP contribution in [0.5, 0.6) is 0 Å². The lowest BCUT2D eigenvalue weighted by atomic mass is 10.2. The molecule has 0 spiro atoms. The summed E-state index contributed by atoms with van der Waals surface area (Å²) in [6, 6.07) is 12.3. The summed E-state index contributed by atoms with van der Waals surface area (Å²) in [5, 5.41) is -0.0624. The summed E-state index contributed by atoms with van der Waals surface area (Å²) < 4.78 is 32.1. The van der Waals surface area contributed by atoms with Crippen molar-refractivity contribution in [3.8, 4) is 0 Å². The highest BCUT2D eigenvalue weighted by atomic mass is 32.2. The van der Waals surface area contributed by atoms with E-state index in [1.54, 1.807) is 6.07 Å². The molecule has 1 heterocycles. The fraction of sp³-hybridized carbons (Fsp3) is 0.333. The summed E-state index contributed by atoms with van der Waals surface area (Å²) in [5.41, 5.74) is 6.39. The summed E-state index contributed by atoms with van der Waals surface area (Å²) in [6.07, 6.45) is 0. The van der Waals surface area contributed by atoms with E-state index in [9.17, 15) is 8.42 Å². The Hall–Kier alpha value is -1.63. The van der Waals surface area contributed by atoms with E-state index in [-0.39, 0.29) is 17.7 Å². The van der Waals surface area contributed by atoms with Crippen LogP contribution >= 0.6 is 0 Å². The molecular weight excluding hydrogens is 288 g/mol. The number of nitrogens with zero attached hydrogens (tertiary/aromatic N) is 1. The third kappa shape index (κ3) is 3.53. The average molecular weight is 308 g/mol. The maximum absolute atomic E-state index is 12.7. The zero-order valence-corrected chi connectivity index (χ0v) is 13.0. The van der Waals surface area contributed by atoms with Crippen LogP contribution in [0.25, 0.3) is 0 Å². The lowest BCUT2D eigenvalue weighted by Crippen LogP contribution is -2.36. The van der Waals surface area contributed by atoms with E-state index in [0.29, 0.717) is 12.3 Å². The Morgan fingerprint density at radius 2 is 1.81 bits per heavy atom. The molecule has 0 radical (unpaired) electrons. The van der Waals surface area contributed by atoms with Crippen LogP contribution in [0.2, 0.25) is 0 Å². The molecule has 1 aromatic heterocycles. The maximum Gasteiger partial charge on any atom is 0.276 e. The third-order valence-electron chi connectivity index (χ3n) is 3.16. The van der Waals surface area contributed by atoms with Crippen molar-refractivity contribution in [2.75, 3.05) is 0 Å². The van der Waals surface area contributed by atoms with Crippen LogP contribution in [0.3, 0.4) is 0 Å². The van der Waals surface area contributed by atoms with E-state index in [2.05, 4.69) is 0 Å². The van der Waals surface area contributed by atoms with Gasteiger partial charge in [-0.1, -0.05) is 30.3 Å². The van der Waals surface area contributed by atoms with Crippen LogP contribution in [-0.2, 0) is 23.1 Å². The predicted octanol–water partition coefficient (Wildman–Crippen LogP) is 2.34. The second-order valence-electron chi connectivity index (χ2n) is 5.05. The smallest absolute Gasteiger partial charge is 0.276 e. The summed E-state index contributed by atoms with van der Waals surface area (Å²) in [7, 11) is -3.68. The highest BCUT2D eigenvalue weighted by Gasteiger charge is 2.30. The number of benzene rings is 1. The summed E-state index contributed by atoms with van der Waals surface area (Å²) in [5.74, 6) is 0.456. The fourth-order valence-electron chi connectivity index (χ4n) is 2.03. The van der Waals surface area contributed by atoms with Gasteiger partial charge in [-0.05, 0) is 31.5 Å². The molecule has 6 heteroatoms. The highest BCUT2D eigenvalue weighted by molar-refractivity contribution is 7.89. The molecule has 0 aliphatic heterocycles. The molecule has 2 rings (SSSR count). The molecule has 0 amide bonds. The van der Waals surface area contributed by atoms with Crippen molar-refractivity contribution in [2.24, 2.45) is 5.73 Å². The van der Waals surface area contributed by atoms with Crippen molar-refractivity contribution in [3.63, 3.8) is 0 Å². The first-order valence-electron chi connectivity index (χ1n) is 6.79. The molecule has 21 heavy (non-hydrogen) atoms. The number of sulfonamides is 1. The van der Waals surface area contributed by atoms with E-state index >= 15 is 0 Å². The SMILES string of the molecule is CC(C)N(Cc1ccccc1)S(=O)(=O)c1ccc(CN)o1. The Morgan fingerprint density at radius 1 is 1.14 bits per heavy atom. The van der Waals surface area contributed by atoms with Gasteiger partial charge in [-0.25, -0.2) is 8.42 Å². The quantitative estimate of drug-likeness (QED) is 0.888. The first-order chi connectivity index (χ1) is 9.95. The van der Waals surface area contributed by atoms with Crippen molar-refractivity contribution in [1.29, 1.82) is 0 Å². The van der Waals surface area contributed by atoms with Crippen LogP contribution in [0.1, 0.15) is 25.2 Å². The molecule has 2 aromatic rings. The molecule has 0 saturated heterocycles. The van der Waals surface area contributed by atoms with Gasteiger partial charge >= 0.3 is 0 Å². The number of hydrogen-bond donors (Lipinski definition) is 1. The molecule has 0 aliphatic carbocycles. The van der Waals surface area contributed by atoms with Crippen LogP contribution in [0.4, 0.5) is 0 Å². The number of rotatable bonds is 6. The number of nitrogens with two attached hydrogens (primary N) is 1. The number of furan rings is 1. The largest absolute Gasteiger partial charge is 0.447 e. The third-order valence-corrected chi connectivity index (χ3v) is 5.05. The maximum atomic E-state index is 12.7. The minimum Gasteiger partial charge on any atom is -0.447 e. The zero-order valence-electron chi connectivity index (χ0n) is 12.2. The van der Waals surface area contributed by atoms with Crippen molar-refractivity contribution in [1.82, 2.24) is 4.31 Å². The van der Waals surface area contributed by atoms with E-state index in [1.807, 2.05) is 44.2 Å². The minimum atomic E-state index is -3.68. The van der Waals surface area contributed by atoms with Crippen molar-refractivity contribution in [3.05, 3.63) is 53.8 Å². The van der Waals surface area contributed by atoms with Gasteiger partial charge in [-0.2, -0.15) is 4.31 Å². The van der Waals surface area contributed by atoms with E-state index in [4.69, 9.17) is 10.2 Å². The highest BCUT2D eigenvalue weighted by Crippen LogP contribution is 2.22. The Balaban J connectivity index is 2.32. The lowest BCUT2D eigenvalue weighted by molar-refractivity contribution is 0.326. The van der Waals surface area contributed by atoms with E-state index < -0.39 is 10.0 Å². The fourth-order valence-corrected chi connectivity index (χ4v) is 3.59. The standard InChI is InChI=1S/C15H20N2O3S/c1-12(2)17(11-13-6-4-3-5-7-13)21(18,19)15-9-8-14(10-16)20-15/h3-9,12H,10-11,16H2,1-2H3. The Morgan fingerprint density at radius 3 is 2.33 bits per heavy atom. The van der Waals surface area contributed by atoms with Gasteiger partial charge in [-0.3, -0.25) is 0 Å². The Kier molecular flexibility index (Phi) is 4.82. The topological polar surface area (TPSA) is 76.5 Å². The van der Waals surface area contributed by atoms with Crippen LogP contribution in [-0.4, -0.2) is 18.8 Å². The van der Waals surface area contributed by atoms with Crippen molar-refractivity contribution in [2.45, 2.75) is 38.1 Å².